The van der Waals surface area contributed by atoms with Crippen molar-refractivity contribution in [3.05, 3.63) is 77.9 Å². The number of nitrogens with one attached hydrogen (secondary N) is 3. The van der Waals surface area contributed by atoms with Crippen LogP contribution in [0.4, 0.5) is 23.7 Å². The topological polar surface area (TPSA) is 159 Å². The molecule has 266 valence electrons. The fourth-order valence-electron chi connectivity index (χ4n) is 6.39. The molecule has 5 N–H and O–H groups in total. The van der Waals surface area contributed by atoms with Gasteiger partial charge in [-0.25, -0.2) is 4.79 Å². The Hall–Kier alpha value is -4.86. The number of carbonyl (C=O) groups is 3. The van der Waals surface area contributed by atoms with Crippen LogP contribution in [0.1, 0.15) is 41.6 Å². The molecule has 0 unspecified atom stereocenters. The van der Waals surface area contributed by atoms with Gasteiger partial charge in [-0.2, -0.15) is 0 Å². The molecule has 3 heterocycles. The lowest BCUT2D eigenvalue weighted by molar-refractivity contribution is -0.274. The zero-order valence-corrected chi connectivity index (χ0v) is 26.8. The van der Waals surface area contributed by atoms with Gasteiger partial charge in [0.2, 0.25) is 5.91 Å². The van der Waals surface area contributed by atoms with E-state index in [9.17, 15) is 37.8 Å². The van der Waals surface area contributed by atoms with Crippen LogP contribution in [0.15, 0.2) is 66.7 Å². The van der Waals surface area contributed by atoms with E-state index in [1.54, 1.807) is 30.3 Å². The second-order valence-corrected chi connectivity index (χ2v) is 12.5. The largest absolute Gasteiger partial charge is 0.573 e. The predicted octanol–water partition coefficient (Wildman–Crippen LogP) is 3.96. The minimum absolute atomic E-state index is 0.0116. The molecule has 4 amide bonds. The highest BCUT2D eigenvalue weighted by atomic mass is 19.4. The van der Waals surface area contributed by atoms with Crippen molar-refractivity contribution < 1.29 is 52.0 Å². The first-order valence-electron chi connectivity index (χ1n) is 16.3. The number of aliphatic hydroxyl groups excluding tert-OH is 2. The molecule has 6 rings (SSSR count). The number of likely N-dealkylation sites (tertiary alicyclic amines) is 1. The predicted molar refractivity (Wildman–Crippen MR) is 173 cm³/mol. The molecule has 0 aliphatic carbocycles. The summed E-state index contributed by atoms with van der Waals surface area (Å²) in [6.07, 6.45) is -5.10. The van der Waals surface area contributed by atoms with Crippen molar-refractivity contribution in [1.82, 2.24) is 15.5 Å². The lowest BCUT2D eigenvalue weighted by Crippen LogP contribution is -2.51. The molecule has 0 radical (unpaired) electrons. The van der Waals surface area contributed by atoms with Gasteiger partial charge in [0.25, 0.3) is 5.91 Å². The molecular weight excluding hydrogens is 661 g/mol. The molecule has 3 aliphatic heterocycles. The zero-order valence-electron chi connectivity index (χ0n) is 26.8. The van der Waals surface area contributed by atoms with Gasteiger partial charge < -0.3 is 45.3 Å². The van der Waals surface area contributed by atoms with Crippen LogP contribution in [0.25, 0.3) is 11.1 Å². The van der Waals surface area contributed by atoms with Crippen molar-refractivity contribution in [2.75, 3.05) is 25.0 Å². The zero-order chi connectivity index (χ0) is 35.4. The summed E-state index contributed by atoms with van der Waals surface area (Å²) in [5, 5.41) is 28.4. The molecule has 0 aromatic heterocycles. The summed E-state index contributed by atoms with van der Waals surface area (Å²) in [4.78, 5) is 42.0. The number of fused-ring (bicyclic) bond motifs is 5. The van der Waals surface area contributed by atoms with Crippen LogP contribution in [0, 0.1) is 0 Å². The lowest BCUT2D eigenvalue weighted by Gasteiger charge is -2.34. The summed E-state index contributed by atoms with van der Waals surface area (Å²) in [5.74, 6) is -1.13. The molecule has 0 spiro atoms. The average molecular weight is 699 g/mol. The molecule has 3 aromatic carbocycles. The number of carbonyl (C=O) groups excluding carboxylic acids is 3. The quantitative estimate of drug-likeness (QED) is 0.274. The van der Waals surface area contributed by atoms with E-state index in [0.29, 0.717) is 25.0 Å². The summed E-state index contributed by atoms with van der Waals surface area (Å²) >= 11 is 0. The van der Waals surface area contributed by atoms with Gasteiger partial charge in [0.15, 0.2) is 0 Å². The van der Waals surface area contributed by atoms with Gasteiger partial charge >= 0.3 is 12.4 Å². The highest BCUT2D eigenvalue weighted by Gasteiger charge is 2.41. The maximum atomic E-state index is 13.7. The Morgan fingerprint density at radius 2 is 1.74 bits per heavy atom. The van der Waals surface area contributed by atoms with Crippen molar-refractivity contribution in [1.29, 1.82) is 0 Å². The fraction of sp³-hybridized carbons (Fsp3) is 0.400. The number of urea groups is 1. The van der Waals surface area contributed by atoms with Crippen LogP contribution in [0.3, 0.4) is 0 Å². The number of benzene rings is 3. The van der Waals surface area contributed by atoms with E-state index in [2.05, 4.69) is 20.7 Å². The smallest absolute Gasteiger partial charge is 0.493 e. The average Bonchev–Trinajstić information content (AvgIpc) is 3.52. The Morgan fingerprint density at radius 3 is 2.46 bits per heavy atom. The third kappa shape index (κ3) is 8.46. The third-order valence-corrected chi connectivity index (χ3v) is 8.99. The van der Waals surface area contributed by atoms with Gasteiger partial charge in [0, 0.05) is 31.2 Å². The number of hydrogen-bond donors (Lipinski definition) is 5. The second kappa shape index (κ2) is 14.9. The van der Waals surface area contributed by atoms with E-state index in [1.807, 2.05) is 12.1 Å². The summed E-state index contributed by atoms with van der Waals surface area (Å²) in [7, 11) is 0. The van der Waals surface area contributed by atoms with Crippen LogP contribution in [-0.2, 0) is 16.1 Å². The lowest BCUT2D eigenvalue weighted by atomic mass is 9.99. The Balaban J connectivity index is 1.25. The monoisotopic (exact) mass is 698 g/mol. The van der Waals surface area contributed by atoms with E-state index in [1.165, 1.54) is 17.0 Å². The van der Waals surface area contributed by atoms with Crippen LogP contribution < -0.4 is 25.4 Å². The first-order chi connectivity index (χ1) is 24.0. The van der Waals surface area contributed by atoms with Gasteiger partial charge in [-0.05, 0) is 72.4 Å². The summed E-state index contributed by atoms with van der Waals surface area (Å²) < 4.78 is 54.0. The maximum absolute atomic E-state index is 13.7. The Bertz CT molecular complexity index is 1690. The highest BCUT2D eigenvalue weighted by molar-refractivity contribution is 5.98. The standard InChI is InChI=1S/C35H37F3N4O8/c36-35(37,38)50-26-8-6-23(7-9-26)41-34(47)42-18-24-16-28(42)33(46)39-17-31-29(44)12-10-25(49-31)13-14-48-30-15-22(5-11-27(30)32(45)40-24)21-3-1-20(19-43)2-4-21/h1-9,11,15,24-25,28-29,31,43-44H,10,12-14,16-19H2,(H,39,46)(H,40,45)(H,41,47)/t24-,25-,28-,29-,31+/m0/s1. The van der Waals surface area contributed by atoms with Crippen LogP contribution in [-0.4, -0.2) is 89.4 Å². The number of alkyl halides is 3. The Labute approximate surface area is 285 Å². The minimum atomic E-state index is -4.88. The van der Waals surface area contributed by atoms with Crippen LogP contribution >= 0.6 is 0 Å². The van der Waals surface area contributed by atoms with Gasteiger partial charge in [-0.3, -0.25) is 9.59 Å². The van der Waals surface area contributed by atoms with Crippen molar-refractivity contribution in [2.24, 2.45) is 0 Å². The third-order valence-electron chi connectivity index (χ3n) is 8.99. The fourth-order valence-corrected chi connectivity index (χ4v) is 6.39. The molecule has 12 nitrogen and oxygen atoms in total. The molecule has 3 aromatic rings. The molecule has 3 aliphatic rings. The summed E-state index contributed by atoms with van der Waals surface area (Å²) in [5.41, 5.74) is 2.79. The maximum Gasteiger partial charge on any atom is 0.573 e. The number of ether oxygens (including phenoxy) is 3. The van der Waals surface area contributed by atoms with Crippen LogP contribution in [0.5, 0.6) is 11.5 Å². The number of nitrogens with zero attached hydrogens (tertiary/aromatic N) is 1. The summed E-state index contributed by atoms with van der Waals surface area (Å²) in [6.45, 7) is 0.0601. The Morgan fingerprint density at radius 1 is 1.00 bits per heavy atom. The normalized spacial score (nSPS) is 24.3. The van der Waals surface area contributed by atoms with E-state index in [4.69, 9.17) is 9.47 Å². The molecule has 5 atom stereocenters. The number of halogens is 3. The molecule has 15 heteroatoms. The molecular formula is C35H37F3N4O8. The van der Waals surface area contributed by atoms with Crippen molar-refractivity contribution in [2.45, 2.75) is 69.0 Å². The summed E-state index contributed by atoms with van der Waals surface area (Å²) in [6, 6.07) is 14.7. The molecule has 50 heavy (non-hydrogen) atoms. The molecule has 4 bridgehead atoms. The van der Waals surface area contributed by atoms with Gasteiger partial charge in [0.1, 0.15) is 23.6 Å². The van der Waals surface area contributed by atoms with Gasteiger partial charge in [0.05, 0.1) is 31.0 Å². The number of rotatable bonds is 4. The second-order valence-electron chi connectivity index (χ2n) is 12.5. The highest BCUT2D eigenvalue weighted by Crippen LogP contribution is 2.31. The van der Waals surface area contributed by atoms with E-state index in [-0.39, 0.29) is 50.1 Å². The van der Waals surface area contributed by atoms with E-state index in [0.717, 1.165) is 28.8 Å². The van der Waals surface area contributed by atoms with Crippen molar-refractivity contribution >= 4 is 23.5 Å². The van der Waals surface area contributed by atoms with Gasteiger partial charge in [-0.15, -0.1) is 13.2 Å². The minimum Gasteiger partial charge on any atom is -0.493 e. The number of aliphatic hydroxyl groups is 2. The van der Waals surface area contributed by atoms with Crippen LogP contribution in [0.2, 0.25) is 0 Å². The molecule has 2 fully saturated rings. The SMILES string of the molecule is O=C1N[C@H]2C[C@@H](C(=O)NC[C@H]3O[C@H](CCOc4cc(-c5ccc(CO)cc5)ccc41)CC[C@@H]3O)N(C(=O)Nc1ccc(OC(F)(F)F)cc1)C2. The van der Waals surface area contributed by atoms with Gasteiger partial charge in [-0.1, -0.05) is 30.3 Å². The number of hydrogen-bond acceptors (Lipinski definition) is 8. The first-order valence-corrected chi connectivity index (χ1v) is 16.3. The molecule has 0 saturated carbocycles. The van der Waals surface area contributed by atoms with E-state index < -0.39 is 54.2 Å². The number of anilines is 1. The van der Waals surface area contributed by atoms with E-state index >= 15 is 0 Å². The number of amides is 4. The first kappa shape index (κ1) is 35.0. The van der Waals surface area contributed by atoms with Crippen molar-refractivity contribution in [3.8, 4) is 22.6 Å². The Kier molecular flexibility index (Phi) is 10.5. The molecule has 2 saturated heterocycles. The van der Waals surface area contributed by atoms with Crippen molar-refractivity contribution in [3.63, 3.8) is 0 Å².